The van der Waals surface area contributed by atoms with Gasteiger partial charge in [-0.3, -0.25) is 0 Å². The normalized spacial score (nSPS) is 10.3. The fraction of sp³-hybridized carbons (Fsp3) is 0.0968. The first-order valence-electron chi connectivity index (χ1n) is 11.4. The van der Waals surface area contributed by atoms with Crippen LogP contribution < -0.4 is 0 Å². The van der Waals surface area contributed by atoms with E-state index in [1.165, 1.54) is 16.7 Å². The summed E-state index contributed by atoms with van der Waals surface area (Å²) in [5.41, 5.74) is 8.66. The summed E-state index contributed by atoms with van der Waals surface area (Å²) in [6.07, 6.45) is 0. The van der Waals surface area contributed by atoms with Gasteiger partial charge in [0.05, 0.1) is 11.4 Å². The van der Waals surface area contributed by atoms with Crippen LogP contribution in [0.25, 0.3) is 45.0 Å². The van der Waals surface area contributed by atoms with Crippen LogP contribution in [0, 0.1) is 6.92 Å². The van der Waals surface area contributed by atoms with Gasteiger partial charge in [0.15, 0.2) is 5.82 Å². The molecule has 0 aliphatic heterocycles. The van der Waals surface area contributed by atoms with Crippen molar-refractivity contribution in [1.29, 1.82) is 0 Å². The van der Waals surface area contributed by atoms with Crippen LogP contribution in [0.3, 0.4) is 0 Å². The third-order valence-electron chi connectivity index (χ3n) is 5.36. The molecule has 5 aromatic rings. The number of hydrogen-bond donors (Lipinski definition) is 0. The summed E-state index contributed by atoms with van der Waals surface area (Å²) in [4.78, 5) is 9.81. The largest absolute Gasteiger partial charge is 0.228 e. The van der Waals surface area contributed by atoms with Gasteiger partial charge in [-0.2, -0.15) is 0 Å². The number of aryl methyl sites for hydroxylation is 1. The van der Waals surface area contributed by atoms with Crippen molar-refractivity contribution in [2.24, 2.45) is 0 Å². The molecule has 1 aromatic heterocycles. The molecular weight excluding hydrogens is 400 g/mol. The zero-order valence-electron chi connectivity index (χ0n) is 19.4. The molecule has 2 nitrogen and oxygen atoms in total. The summed E-state index contributed by atoms with van der Waals surface area (Å²) in [5.74, 6) is 0.738. The minimum atomic E-state index is 0.738. The predicted molar refractivity (Wildman–Crippen MR) is 140 cm³/mol. The molecule has 0 atom stereocenters. The Kier molecular flexibility index (Phi) is 7.06. The lowest BCUT2D eigenvalue weighted by Crippen LogP contribution is -1.96. The first kappa shape index (κ1) is 22.2. The van der Waals surface area contributed by atoms with Gasteiger partial charge in [-0.15, -0.1) is 0 Å². The molecule has 162 valence electrons. The Labute approximate surface area is 196 Å². The standard InChI is InChI=1S/C29H22N2.C2H6/c1-21-9-8-14-26(19-21)28-20-27(30-29(31-28)25-12-6-3-7-13-25)24-17-15-23(16-18-24)22-10-4-2-5-11-22;1-2/h2-20H,1H3;1-2H3. The van der Waals surface area contributed by atoms with Crippen LogP contribution in [0.15, 0.2) is 115 Å². The number of rotatable bonds is 4. The molecule has 0 unspecified atom stereocenters. The molecule has 1 heterocycles. The molecule has 0 spiro atoms. The van der Waals surface area contributed by atoms with Gasteiger partial charge in [0, 0.05) is 16.7 Å². The maximum Gasteiger partial charge on any atom is 0.160 e. The third-order valence-corrected chi connectivity index (χ3v) is 5.36. The molecule has 0 aliphatic rings. The van der Waals surface area contributed by atoms with E-state index in [2.05, 4.69) is 97.9 Å². The molecule has 0 aliphatic carbocycles. The first-order chi connectivity index (χ1) is 16.3. The van der Waals surface area contributed by atoms with E-state index in [9.17, 15) is 0 Å². The molecule has 0 saturated heterocycles. The summed E-state index contributed by atoms with van der Waals surface area (Å²) >= 11 is 0. The van der Waals surface area contributed by atoms with Gasteiger partial charge in [0.2, 0.25) is 0 Å². The lowest BCUT2D eigenvalue weighted by atomic mass is 10.0. The molecule has 5 rings (SSSR count). The molecule has 33 heavy (non-hydrogen) atoms. The highest BCUT2D eigenvalue weighted by atomic mass is 14.9. The van der Waals surface area contributed by atoms with E-state index in [-0.39, 0.29) is 0 Å². The Morgan fingerprint density at radius 3 is 1.52 bits per heavy atom. The molecule has 0 saturated carbocycles. The van der Waals surface area contributed by atoms with Gasteiger partial charge >= 0.3 is 0 Å². The topological polar surface area (TPSA) is 25.8 Å². The van der Waals surface area contributed by atoms with Crippen molar-refractivity contribution in [3.8, 4) is 45.0 Å². The lowest BCUT2D eigenvalue weighted by Gasteiger charge is -2.10. The SMILES string of the molecule is CC.Cc1cccc(-c2cc(-c3ccc(-c4ccccc4)cc3)nc(-c3ccccc3)n2)c1. The van der Waals surface area contributed by atoms with Crippen molar-refractivity contribution in [2.75, 3.05) is 0 Å². The average molecular weight is 429 g/mol. The number of hydrogen-bond acceptors (Lipinski definition) is 2. The highest BCUT2D eigenvalue weighted by molar-refractivity contribution is 5.74. The summed E-state index contributed by atoms with van der Waals surface area (Å²) in [6.45, 7) is 6.10. The minimum absolute atomic E-state index is 0.738. The first-order valence-corrected chi connectivity index (χ1v) is 11.4. The van der Waals surface area contributed by atoms with Crippen molar-refractivity contribution in [3.63, 3.8) is 0 Å². The van der Waals surface area contributed by atoms with E-state index in [0.717, 1.165) is 33.9 Å². The van der Waals surface area contributed by atoms with Gasteiger partial charge in [-0.1, -0.05) is 123 Å². The van der Waals surface area contributed by atoms with Crippen molar-refractivity contribution in [3.05, 3.63) is 121 Å². The predicted octanol–water partition coefficient (Wildman–Crippen LogP) is 8.48. The van der Waals surface area contributed by atoms with Gasteiger partial charge < -0.3 is 0 Å². The van der Waals surface area contributed by atoms with Crippen LogP contribution >= 0.6 is 0 Å². The van der Waals surface area contributed by atoms with E-state index < -0.39 is 0 Å². The second-order valence-electron chi connectivity index (χ2n) is 7.64. The molecule has 0 radical (unpaired) electrons. The van der Waals surface area contributed by atoms with Crippen molar-refractivity contribution >= 4 is 0 Å². The summed E-state index contributed by atoms with van der Waals surface area (Å²) in [5, 5.41) is 0. The molecule has 0 fully saturated rings. The van der Waals surface area contributed by atoms with Gasteiger partial charge in [-0.05, 0) is 30.2 Å². The van der Waals surface area contributed by atoms with Crippen LogP contribution in [-0.4, -0.2) is 9.97 Å². The smallest absolute Gasteiger partial charge is 0.160 e. The minimum Gasteiger partial charge on any atom is -0.228 e. The maximum atomic E-state index is 4.91. The lowest BCUT2D eigenvalue weighted by molar-refractivity contribution is 1.18. The molecule has 0 bridgehead atoms. The van der Waals surface area contributed by atoms with Crippen molar-refractivity contribution < 1.29 is 0 Å². The molecule has 4 aromatic carbocycles. The van der Waals surface area contributed by atoms with Crippen molar-refractivity contribution in [2.45, 2.75) is 20.8 Å². The van der Waals surface area contributed by atoms with Gasteiger partial charge in [0.25, 0.3) is 0 Å². The zero-order valence-corrected chi connectivity index (χ0v) is 19.4. The molecule has 0 amide bonds. The Morgan fingerprint density at radius 1 is 0.424 bits per heavy atom. The van der Waals surface area contributed by atoms with Crippen LogP contribution in [0.5, 0.6) is 0 Å². The monoisotopic (exact) mass is 428 g/mol. The Balaban J connectivity index is 0.00000126. The van der Waals surface area contributed by atoms with Crippen LogP contribution in [0.1, 0.15) is 19.4 Å². The highest BCUT2D eigenvalue weighted by Gasteiger charge is 2.11. The van der Waals surface area contributed by atoms with E-state index >= 15 is 0 Å². The number of aromatic nitrogens is 2. The highest BCUT2D eigenvalue weighted by Crippen LogP contribution is 2.29. The fourth-order valence-electron chi connectivity index (χ4n) is 3.73. The van der Waals surface area contributed by atoms with E-state index in [1.54, 1.807) is 0 Å². The number of benzene rings is 4. The second-order valence-corrected chi connectivity index (χ2v) is 7.64. The van der Waals surface area contributed by atoms with Gasteiger partial charge in [-0.25, -0.2) is 9.97 Å². The zero-order chi connectivity index (χ0) is 23.0. The quantitative estimate of drug-likeness (QED) is 0.287. The van der Waals surface area contributed by atoms with E-state index in [4.69, 9.17) is 9.97 Å². The number of nitrogens with zero attached hydrogens (tertiary/aromatic N) is 2. The third kappa shape index (κ3) is 5.24. The summed E-state index contributed by atoms with van der Waals surface area (Å²) < 4.78 is 0. The van der Waals surface area contributed by atoms with E-state index in [0.29, 0.717) is 0 Å². The van der Waals surface area contributed by atoms with Crippen LogP contribution in [-0.2, 0) is 0 Å². The average Bonchev–Trinajstić information content (AvgIpc) is 2.91. The van der Waals surface area contributed by atoms with Crippen LogP contribution in [0.2, 0.25) is 0 Å². The Morgan fingerprint density at radius 2 is 0.909 bits per heavy atom. The van der Waals surface area contributed by atoms with Crippen LogP contribution in [0.4, 0.5) is 0 Å². The molecule has 0 N–H and O–H groups in total. The van der Waals surface area contributed by atoms with Crippen molar-refractivity contribution in [1.82, 2.24) is 9.97 Å². The summed E-state index contributed by atoms with van der Waals surface area (Å²) in [7, 11) is 0. The fourth-order valence-corrected chi connectivity index (χ4v) is 3.73. The summed E-state index contributed by atoms with van der Waals surface area (Å²) in [6, 6.07) is 39.7. The Bertz CT molecular complexity index is 1310. The maximum absolute atomic E-state index is 4.91. The molecular formula is C31H28N2. The molecule has 2 heteroatoms. The van der Waals surface area contributed by atoms with E-state index in [1.807, 2.05) is 38.1 Å². The Hall–Kier alpha value is -4.04. The second kappa shape index (κ2) is 10.5. The van der Waals surface area contributed by atoms with Gasteiger partial charge in [0.1, 0.15) is 0 Å².